The smallest absolute Gasteiger partial charge is 0.163 e. The van der Waals surface area contributed by atoms with Crippen molar-refractivity contribution in [2.45, 2.75) is 6.54 Å². The largest absolute Gasteiger partial charge is 0.486 e. The van der Waals surface area contributed by atoms with Crippen molar-refractivity contribution >= 4 is 11.4 Å². The molecule has 0 amide bonds. The molecule has 1 aliphatic heterocycles. The van der Waals surface area contributed by atoms with Crippen molar-refractivity contribution < 1.29 is 9.47 Å². The molecular weight excluding hydrogens is 252 g/mol. The molecule has 0 atom stereocenters. The molecule has 3 rings (SSSR count). The Bertz CT molecular complexity index is 613. The predicted molar refractivity (Wildman–Crippen MR) is 80.4 cm³/mol. The Morgan fingerprint density at radius 3 is 2.65 bits per heavy atom. The number of hydrogen-bond donors (Lipinski definition) is 1. The van der Waals surface area contributed by atoms with Gasteiger partial charge in [-0.15, -0.1) is 0 Å². The number of anilines is 2. The Balaban J connectivity index is 1.78. The normalized spacial score (nSPS) is 13.1. The first-order chi connectivity index (χ1) is 9.72. The first kappa shape index (κ1) is 12.7. The number of nitrogens with two attached hydrogens (primary N) is 1. The summed E-state index contributed by atoms with van der Waals surface area (Å²) < 4.78 is 11.1. The van der Waals surface area contributed by atoms with Crippen LogP contribution in [-0.2, 0) is 6.54 Å². The fourth-order valence-corrected chi connectivity index (χ4v) is 2.33. The van der Waals surface area contributed by atoms with Gasteiger partial charge in [0.25, 0.3) is 0 Å². The van der Waals surface area contributed by atoms with Crippen molar-refractivity contribution in [3.05, 3.63) is 48.0 Å². The van der Waals surface area contributed by atoms with Gasteiger partial charge in [0.15, 0.2) is 11.5 Å². The minimum Gasteiger partial charge on any atom is -0.486 e. The van der Waals surface area contributed by atoms with E-state index in [2.05, 4.69) is 18.0 Å². The van der Waals surface area contributed by atoms with E-state index in [0.717, 1.165) is 29.4 Å². The Hall–Kier alpha value is -2.36. The zero-order valence-electron chi connectivity index (χ0n) is 11.5. The molecule has 0 saturated heterocycles. The third-order valence-corrected chi connectivity index (χ3v) is 3.34. The third kappa shape index (κ3) is 2.64. The van der Waals surface area contributed by atoms with E-state index in [9.17, 15) is 0 Å². The summed E-state index contributed by atoms with van der Waals surface area (Å²) >= 11 is 0. The monoisotopic (exact) mass is 270 g/mol. The van der Waals surface area contributed by atoms with Crippen LogP contribution in [0.4, 0.5) is 11.4 Å². The Labute approximate surface area is 118 Å². The van der Waals surface area contributed by atoms with Gasteiger partial charge < -0.3 is 20.1 Å². The second-order valence-electron chi connectivity index (χ2n) is 4.93. The fraction of sp³-hybridized carbons (Fsp3) is 0.250. The van der Waals surface area contributed by atoms with Crippen LogP contribution in [0.25, 0.3) is 0 Å². The molecule has 0 saturated carbocycles. The number of hydrogen-bond acceptors (Lipinski definition) is 4. The maximum Gasteiger partial charge on any atom is 0.163 e. The Kier molecular flexibility index (Phi) is 3.37. The highest BCUT2D eigenvalue weighted by Gasteiger charge is 2.13. The van der Waals surface area contributed by atoms with Gasteiger partial charge in [0, 0.05) is 31.0 Å². The molecule has 20 heavy (non-hydrogen) atoms. The van der Waals surface area contributed by atoms with E-state index in [4.69, 9.17) is 15.2 Å². The summed E-state index contributed by atoms with van der Waals surface area (Å²) in [5.74, 6) is 1.63. The SMILES string of the molecule is CN(Cc1cccc(N)c1)c1ccc2c(c1)OCCO2. The van der Waals surface area contributed by atoms with Crippen molar-refractivity contribution in [1.82, 2.24) is 0 Å². The molecule has 0 aromatic heterocycles. The van der Waals surface area contributed by atoms with Crippen LogP contribution in [0.1, 0.15) is 5.56 Å². The van der Waals surface area contributed by atoms with Gasteiger partial charge in [0.1, 0.15) is 13.2 Å². The number of benzene rings is 2. The Morgan fingerprint density at radius 2 is 1.85 bits per heavy atom. The molecule has 0 spiro atoms. The molecule has 1 heterocycles. The molecule has 0 radical (unpaired) electrons. The molecule has 2 aromatic carbocycles. The minimum atomic E-state index is 0.607. The second-order valence-corrected chi connectivity index (χ2v) is 4.93. The molecular formula is C16H18N2O2. The second kappa shape index (κ2) is 5.33. The van der Waals surface area contributed by atoms with Crippen molar-refractivity contribution in [3.63, 3.8) is 0 Å². The van der Waals surface area contributed by atoms with Gasteiger partial charge in [-0.2, -0.15) is 0 Å². The summed E-state index contributed by atoms with van der Waals surface area (Å²) in [5, 5.41) is 0. The number of ether oxygens (including phenoxy) is 2. The van der Waals surface area contributed by atoms with Gasteiger partial charge in [0.2, 0.25) is 0 Å². The van der Waals surface area contributed by atoms with E-state index in [-0.39, 0.29) is 0 Å². The molecule has 0 aliphatic carbocycles. The Morgan fingerprint density at radius 1 is 1.05 bits per heavy atom. The standard InChI is InChI=1S/C16H18N2O2/c1-18(11-12-3-2-4-13(17)9-12)14-5-6-15-16(10-14)20-8-7-19-15/h2-6,9-10H,7-8,11,17H2,1H3. The lowest BCUT2D eigenvalue weighted by Gasteiger charge is -2.23. The number of rotatable bonds is 3. The van der Waals surface area contributed by atoms with Crippen LogP contribution in [-0.4, -0.2) is 20.3 Å². The lowest BCUT2D eigenvalue weighted by atomic mass is 10.2. The lowest BCUT2D eigenvalue weighted by molar-refractivity contribution is 0.171. The molecule has 4 heteroatoms. The fourth-order valence-electron chi connectivity index (χ4n) is 2.33. The zero-order valence-corrected chi connectivity index (χ0v) is 11.5. The minimum absolute atomic E-state index is 0.607. The maximum absolute atomic E-state index is 5.81. The highest BCUT2D eigenvalue weighted by atomic mass is 16.6. The van der Waals surface area contributed by atoms with Gasteiger partial charge in [-0.1, -0.05) is 12.1 Å². The molecule has 1 aliphatic rings. The molecule has 4 nitrogen and oxygen atoms in total. The van der Waals surface area contributed by atoms with E-state index in [0.29, 0.717) is 13.2 Å². The average Bonchev–Trinajstić information content (AvgIpc) is 2.47. The van der Waals surface area contributed by atoms with E-state index >= 15 is 0 Å². The topological polar surface area (TPSA) is 47.7 Å². The van der Waals surface area contributed by atoms with Gasteiger partial charge in [-0.25, -0.2) is 0 Å². The quantitative estimate of drug-likeness (QED) is 0.871. The summed E-state index contributed by atoms with van der Waals surface area (Å²) in [6.07, 6.45) is 0. The lowest BCUT2D eigenvalue weighted by Crippen LogP contribution is -2.18. The number of nitrogens with zero attached hydrogens (tertiary/aromatic N) is 1. The van der Waals surface area contributed by atoms with Crippen LogP contribution in [0.5, 0.6) is 11.5 Å². The molecule has 0 unspecified atom stereocenters. The van der Waals surface area contributed by atoms with Crippen LogP contribution in [0.15, 0.2) is 42.5 Å². The van der Waals surface area contributed by atoms with Crippen molar-refractivity contribution in [2.75, 3.05) is 30.9 Å². The summed E-state index contributed by atoms with van der Waals surface area (Å²) in [6.45, 7) is 2.02. The summed E-state index contributed by atoms with van der Waals surface area (Å²) in [5.41, 5.74) is 8.88. The summed E-state index contributed by atoms with van der Waals surface area (Å²) in [7, 11) is 2.05. The van der Waals surface area contributed by atoms with Gasteiger partial charge in [0.05, 0.1) is 0 Å². The first-order valence-corrected chi connectivity index (χ1v) is 6.67. The highest BCUT2D eigenvalue weighted by molar-refractivity contribution is 5.57. The van der Waals surface area contributed by atoms with Gasteiger partial charge in [-0.3, -0.25) is 0 Å². The highest BCUT2D eigenvalue weighted by Crippen LogP contribution is 2.34. The number of fused-ring (bicyclic) bond motifs is 1. The van der Waals surface area contributed by atoms with E-state index in [1.807, 2.05) is 36.4 Å². The van der Waals surface area contributed by atoms with Gasteiger partial charge >= 0.3 is 0 Å². The molecule has 2 aromatic rings. The zero-order chi connectivity index (χ0) is 13.9. The maximum atomic E-state index is 5.81. The van der Waals surface area contributed by atoms with Crippen molar-refractivity contribution in [1.29, 1.82) is 0 Å². The van der Waals surface area contributed by atoms with Crippen molar-refractivity contribution in [2.24, 2.45) is 0 Å². The van der Waals surface area contributed by atoms with E-state index in [1.165, 1.54) is 5.56 Å². The van der Waals surface area contributed by atoms with Crippen LogP contribution in [0, 0.1) is 0 Å². The molecule has 0 fully saturated rings. The predicted octanol–water partition coefficient (Wildman–Crippen LogP) is 2.68. The van der Waals surface area contributed by atoms with Crippen LogP contribution in [0.3, 0.4) is 0 Å². The third-order valence-electron chi connectivity index (χ3n) is 3.34. The van der Waals surface area contributed by atoms with Crippen LogP contribution in [0.2, 0.25) is 0 Å². The van der Waals surface area contributed by atoms with E-state index < -0.39 is 0 Å². The average molecular weight is 270 g/mol. The van der Waals surface area contributed by atoms with Crippen LogP contribution < -0.4 is 20.1 Å². The molecule has 104 valence electrons. The summed E-state index contributed by atoms with van der Waals surface area (Å²) in [4.78, 5) is 2.16. The van der Waals surface area contributed by atoms with Crippen LogP contribution >= 0.6 is 0 Å². The molecule has 0 bridgehead atoms. The number of nitrogen functional groups attached to an aromatic ring is 1. The molecule has 2 N–H and O–H groups in total. The summed E-state index contributed by atoms with van der Waals surface area (Å²) in [6, 6.07) is 14.0. The van der Waals surface area contributed by atoms with E-state index in [1.54, 1.807) is 0 Å². The van der Waals surface area contributed by atoms with Gasteiger partial charge in [-0.05, 0) is 29.8 Å². The van der Waals surface area contributed by atoms with Crippen molar-refractivity contribution in [3.8, 4) is 11.5 Å². The first-order valence-electron chi connectivity index (χ1n) is 6.67.